The fourth-order valence-corrected chi connectivity index (χ4v) is 3.00. The summed E-state index contributed by atoms with van der Waals surface area (Å²) in [6.07, 6.45) is 6.21. The zero-order chi connectivity index (χ0) is 10.6. The van der Waals surface area contributed by atoms with E-state index in [1.807, 2.05) is 0 Å². The predicted octanol–water partition coefficient (Wildman–Crippen LogP) is 0.0602. The number of hydrogen-bond acceptors (Lipinski definition) is 3. The van der Waals surface area contributed by atoms with Crippen LogP contribution >= 0.6 is 0 Å². The van der Waals surface area contributed by atoms with Crippen LogP contribution in [0.5, 0.6) is 0 Å². The molecule has 1 saturated heterocycles. The van der Waals surface area contributed by atoms with Crippen molar-refractivity contribution in [3.05, 3.63) is 0 Å². The smallest absolute Gasteiger partial charge is 0.217 e. The van der Waals surface area contributed by atoms with Crippen LogP contribution in [0.15, 0.2) is 0 Å². The van der Waals surface area contributed by atoms with E-state index in [0.29, 0.717) is 26.1 Å². The lowest BCUT2D eigenvalue weighted by Crippen LogP contribution is -2.39. The third-order valence-corrected chi connectivity index (χ3v) is 4.65. The van der Waals surface area contributed by atoms with E-state index in [1.54, 1.807) is 0 Å². The molecule has 0 radical (unpaired) electrons. The highest BCUT2D eigenvalue weighted by Crippen LogP contribution is 2.18. The minimum Gasteiger partial charge on any atom is -0.381 e. The molecule has 1 fully saturated rings. The maximum Gasteiger partial charge on any atom is 0.217 e. The Labute approximate surface area is 85.3 Å². The van der Waals surface area contributed by atoms with Crippen LogP contribution < -0.4 is 0 Å². The summed E-state index contributed by atoms with van der Waals surface area (Å²) in [4.78, 5) is 0. The van der Waals surface area contributed by atoms with Gasteiger partial charge in [-0.05, 0) is 12.8 Å². The highest BCUT2D eigenvalue weighted by atomic mass is 32.2. The van der Waals surface area contributed by atoms with Crippen LogP contribution in [0.1, 0.15) is 12.8 Å². The van der Waals surface area contributed by atoms with Crippen molar-refractivity contribution < 1.29 is 13.2 Å². The SMILES string of the molecule is C#CCN(C)S(=O)(=O)C1CCOCC1. The zero-order valence-electron chi connectivity index (χ0n) is 8.27. The second-order valence-electron chi connectivity index (χ2n) is 3.32. The molecule has 14 heavy (non-hydrogen) atoms. The molecule has 0 atom stereocenters. The lowest BCUT2D eigenvalue weighted by molar-refractivity contribution is 0.0975. The molecule has 1 rings (SSSR count). The minimum absolute atomic E-state index is 0.139. The first-order chi connectivity index (χ1) is 6.59. The molecule has 0 amide bonds. The molecule has 0 saturated carbocycles. The molecule has 0 aromatic carbocycles. The van der Waals surface area contributed by atoms with E-state index in [0.717, 1.165) is 0 Å². The van der Waals surface area contributed by atoms with Gasteiger partial charge in [0.15, 0.2) is 0 Å². The number of sulfonamides is 1. The average Bonchev–Trinajstić information content (AvgIpc) is 2.19. The predicted molar refractivity (Wildman–Crippen MR) is 54.2 cm³/mol. The van der Waals surface area contributed by atoms with E-state index < -0.39 is 10.0 Å². The Hall–Kier alpha value is -0.570. The zero-order valence-corrected chi connectivity index (χ0v) is 9.09. The van der Waals surface area contributed by atoms with Crippen molar-refractivity contribution in [3.8, 4) is 12.3 Å². The van der Waals surface area contributed by atoms with Gasteiger partial charge in [-0.2, -0.15) is 4.31 Å². The molecule has 0 aliphatic carbocycles. The monoisotopic (exact) mass is 217 g/mol. The van der Waals surface area contributed by atoms with E-state index in [9.17, 15) is 8.42 Å². The second kappa shape index (κ2) is 4.78. The first-order valence-corrected chi connectivity index (χ1v) is 6.05. The van der Waals surface area contributed by atoms with Crippen molar-refractivity contribution in [2.24, 2.45) is 0 Å². The molecular weight excluding hydrogens is 202 g/mol. The summed E-state index contributed by atoms with van der Waals surface area (Å²) in [5, 5.41) is -0.324. The maximum atomic E-state index is 11.9. The van der Waals surface area contributed by atoms with Crippen LogP contribution in [-0.2, 0) is 14.8 Å². The summed E-state index contributed by atoms with van der Waals surface area (Å²) in [5.74, 6) is 2.33. The van der Waals surface area contributed by atoms with Gasteiger partial charge in [0.05, 0.1) is 11.8 Å². The maximum absolute atomic E-state index is 11.9. The highest BCUT2D eigenvalue weighted by Gasteiger charge is 2.30. The van der Waals surface area contributed by atoms with Crippen molar-refractivity contribution in [2.75, 3.05) is 26.8 Å². The van der Waals surface area contributed by atoms with Gasteiger partial charge in [-0.3, -0.25) is 0 Å². The van der Waals surface area contributed by atoms with Crippen LogP contribution in [0.2, 0.25) is 0 Å². The van der Waals surface area contributed by atoms with Gasteiger partial charge in [-0.15, -0.1) is 6.42 Å². The van der Waals surface area contributed by atoms with Gasteiger partial charge in [-0.25, -0.2) is 8.42 Å². The molecule has 0 N–H and O–H groups in total. The van der Waals surface area contributed by atoms with E-state index in [-0.39, 0.29) is 11.8 Å². The molecule has 0 unspecified atom stereocenters. The van der Waals surface area contributed by atoms with Gasteiger partial charge < -0.3 is 4.74 Å². The number of rotatable bonds is 3. The van der Waals surface area contributed by atoms with Crippen LogP contribution in [0, 0.1) is 12.3 Å². The Bertz CT molecular complexity index is 311. The third-order valence-electron chi connectivity index (χ3n) is 2.34. The molecule has 4 nitrogen and oxygen atoms in total. The van der Waals surface area contributed by atoms with Gasteiger partial charge in [-0.1, -0.05) is 5.92 Å². The summed E-state index contributed by atoms with van der Waals surface area (Å²) in [7, 11) is -1.69. The van der Waals surface area contributed by atoms with Crippen molar-refractivity contribution >= 4 is 10.0 Å². The molecule has 0 spiro atoms. The first-order valence-electron chi connectivity index (χ1n) is 4.55. The van der Waals surface area contributed by atoms with Gasteiger partial charge in [0.1, 0.15) is 0 Å². The molecule has 1 aliphatic heterocycles. The van der Waals surface area contributed by atoms with E-state index in [2.05, 4.69) is 5.92 Å². The van der Waals surface area contributed by atoms with Crippen LogP contribution in [-0.4, -0.2) is 44.8 Å². The Balaban J connectivity index is 2.68. The summed E-state index contributed by atoms with van der Waals surface area (Å²) in [6.45, 7) is 1.18. The third kappa shape index (κ3) is 2.47. The molecule has 0 aromatic heterocycles. The highest BCUT2D eigenvalue weighted by molar-refractivity contribution is 7.89. The standard InChI is InChI=1S/C9H15NO3S/c1-3-6-10(2)14(11,12)9-4-7-13-8-5-9/h1,9H,4-8H2,2H3. The normalized spacial score (nSPS) is 19.5. The van der Waals surface area contributed by atoms with E-state index >= 15 is 0 Å². The van der Waals surface area contributed by atoms with Crippen molar-refractivity contribution in [1.29, 1.82) is 0 Å². The average molecular weight is 217 g/mol. The Morgan fingerprint density at radius 3 is 2.57 bits per heavy atom. The van der Waals surface area contributed by atoms with E-state index in [1.165, 1.54) is 11.4 Å². The molecule has 5 heteroatoms. The molecule has 0 aromatic rings. The Morgan fingerprint density at radius 2 is 2.07 bits per heavy atom. The second-order valence-corrected chi connectivity index (χ2v) is 5.64. The Morgan fingerprint density at radius 1 is 1.50 bits per heavy atom. The first kappa shape index (κ1) is 11.5. The van der Waals surface area contributed by atoms with Gasteiger partial charge in [0, 0.05) is 20.3 Å². The summed E-state index contributed by atoms with van der Waals surface area (Å²) in [6, 6.07) is 0. The molecule has 1 heterocycles. The van der Waals surface area contributed by atoms with Gasteiger partial charge >= 0.3 is 0 Å². The number of ether oxygens (including phenoxy) is 1. The lowest BCUT2D eigenvalue weighted by Gasteiger charge is -2.26. The summed E-state index contributed by atoms with van der Waals surface area (Å²) in [5.41, 5.74) is 0. The van der Waals surface area contributed by atoms with Crippen molar-refractivity contribution in [1.82, 2.24) is 4.31 Å². The van der Waals surface area contributed by atoms with Crippen molar-refractivity contribution in [2.45, 2.75) is 18.1 Å². The fourth-order valence-electron chi connectivity index (χ4n) is 1.45. The van der Waals surface area contributed by atoms with Crippen LogP contribution in [0.25, 0.3) is 0 Å². The van der Waals surface area contributed by atoms with Crippen LogP contribution in [0.4, 0.5) is 0 Å². The van der Waals surface area contributed by atoms with E-state index in [4.69, 9.17) is 11.2 Å². The fraction of sp³-hybridized carbons (Fsp3) is 0.778. The topological polar surface area (TPSA) is 46.6 Å². The molecule has 0 bridgehead atoms. The minimum atomic E-state index is -3.21. The summed E-state index contributed by atoms with van der Waals surface area (Å²) >= 11 is 0. The molecule has 80 valence electrons. The Kier molecular flexibility index (Phi) is 3.93. The number of nitrogens with zero attached hydrogens (tertiary/aromatic N) is 1. The van der Waals surface area contributed by atoms with Crippen LogP contribution in [0.3, 0.4) is 0 Å². The molecular formula is C9H15NO3S. The largest absolute Gasteiger partial charge is 0.381 e. The van der Waals surface area contributed by atoms with Gasteiger partial charge in [0.25, 0.3) is 0 Å². The molecule has 1 aliphatic rings. The lowest BCUT2D eigenvalue weighted by atomic mass is 10.2. The number of hydrogen-bond donors (Lipinski definition) is 0. The quantitative estimate of drug-likeness (QED) is 0.628. The summed E-state index contributed by atoms with van der Waals surface area (Å²) < 4.78 is 30.1. The number of terminal acetylenes is 1. The van der Waals surface area contributed by atoms with Gasteiger partial charge in [0.2, 0.25) is 10.0 Å². The van der Waals surface area contributed by atoms with Crippen molar-refractivity contribution in [3.63, 3.8) is 0 Å².